The first-order valence-electron chi connectivity index (χ1n) is 32.9. The van der Waals surface area contributed by atoms with E-state index in [4.69, 9.17) is 116 Å². The molecule has 0 bridgehead atoms. The van der Waals surface area contributed by atoms with Gasteiger partial charge in [-0.1, -0.05) is 46.4 Å². The van der Waals surface area contributed by atoms with E-state index in [1.165, 1.54) is 129 Å². The number of alkyl halides is 9. The Labute approximate surface area is 733 Å². The number of rotatable bonds is 15. The third-order valence-corrected chi connectivity index (χ3v) is 17.3. The number of carboxylic acid groups (broad SMARTS) is 1. The Bertz CT molecular complexity index is 6240. The number of ether oxygens (including phenoxy) is 8. The molecule has 0 unspecified atom stereocenters. The Morgan fingerprint density at radius 1 is 0.484 bits per heavy atom. The zero-order chi connectivity index (χ0) is 90.3. The van der Waals surface area contributed by atoms with Crippen molar-refractivity contribution in [3.8, 4) is 46.0 Å². The molecule has 124 heavy (non-hydrogen) atoms. The van der Waals surface area contributed by atoms with E-state index in [2.05, 4.69) is 53.2 Å². The quantitative estimate of drug-likeness (QED) is 0.0372. The molecule has 15 rings (SSSR count). The van der Waals surface area contributed by atoms with Crippen LogP contribution in [0.1, 0.15) is 45.4 Å². The van der Waals surface area contributed by atoms with Crippen LogP contribution in [0.25, 0.3) is 32.9 Å². The largest absolute Gasteiger partial charge is 1.00 e. The minimum atomic E-state index is -3.80. The summed E-state index contributed by atoms with van der Waals surface area (Å²) in [7, 11) is 5.65. The van der Waals surface area contributed by atoms with Crippen molar-refractivity contribution in [2.45, 2.75) is 65.3 Å². The van der Waals surface area contributed by atoms with Crippen LogP contribution in [0, 0.1) is 19.3 Å². The summed E-state index contributed by atoms with van der Waals surface area (Å²) in [6, 6.07) is 20.8. The normalized spacial score (nSPS) is 13.3. The van der Waals surface area contributed by atoms with Crippen molar-refractivity contribution in [3.63, 3.8) is 0 Å². The summed E-state index contributed by atoms with van der Waals surface area (Å²) in [5, 5.41) is 35.9. The molecule has 0 atom stereocenters. The van der Waals surface area contributed by atoms with Crippen LogP contribution >= 0.6 is 58.0 Å². The van der Waals surface area contributed by atoms with Crippen molar-refractivity contribution in [1.29, 1.82) is 5.41 Å². The van der Waals surface area contributed by atoms with Crippen LogP contribution in [0.15, 0.2) is 129 Å². The van der Waals surface area contributed by atoms with Crippen LogP contribution in [0.5, 0.6) is 46.0 Å². The first kappa shape index (κ1) is 98.1. The number of aromatic nitrogens is 6. The van der Waals surface area contributed by atoms with E-state index >= 15 is 0 Å². The number of hydrogen-bond acceptors (Lipinski definition) is 30. The maximum absolute atomic E-state index is 13.1. The van der Waals surface area contributed by atoms with Crippen molar-refractivity contribution in [2.75, 3.05) is 53.7 Å². The fourth-order valence-electron chi connectivity index (χ4n) is 10.6. The molecule has 0 spiro atoms. The number of aliphatic hydroxyl groups excluding tert-OH is 1. The molecule has 11 heterocycles. The second-order valence-corrected chi connectivity index (χ2v) is 25.9. The Hall–Kier alpha value is -13.0. The van der Waals surface area contributed by atoms with Gasteiger partial charge in [0.1, 0.15) is 49.4 Å². The van der Waals surface area contributed by atoms with Gasteiger partial charge in [-0.3, -0.25) is 43.8 Å². The minimum absolute atomic E-state index is 0. The molecule has 0 fully saturated rings. The van der Waals surface area contributed by atoms with Crippen LogP contribution in [-0.4, -0.2) is 160 Å². The predicted molar refractivity (Wildman–Crippen MR) is 404 cm³/mol. The Morgan fingerprint density at radius 2 is 0.774 bits per heavy atom. The maximum Gasteiger partial charge on any atom is 1.00 e. The number of nitrogens with zero attached hydrogens (tertiary/aromatic N) is 10. The van der Waals surface area contributed by atoms with Crippen molar-refractivity contribution in [2.24, 2.45) is 5.73 Å². The first-order chi connectivity index (χ1) is 57.2. The number of carboxylic acids is 1. The van der Waals surface area contributed by atoms with Gasteiger partial charge in [0, 0.05) is 89.7 Å². The number of aliphatic hydroxyl groups is 1. The fourth-order valence-corrected chi connectivity index (χ4v) is 11.6. The van der Waals surface area contributed by atoms with Crippen molar-refractivity contribution >= 4 is 175 Å². The van der Waals surface area contributed by atoms with Crippen molar-refractivity contribution in [3.05, 3.63) is 178 Å². The van der Waals surface area contributed by atoms with E-state index in [0.717, 1.165) is 29.9 Å². The van der Waals surface area contributed by atoms with Gasteiger partial charge in [0.2, 0.25) is 29.4 Å². The van der Waals surface area contributed by atoms with Crippen molar-refractivity contribution in [1.82, 2.24) is 29.3 Å². The summed E-state index contributed by atoms with van der Waals surface area (Å²) in [5.74, 6) is -5.05. The van der Waals surface area contributed by atoms with Crippen LogP contribution in [0.3, 0.4) is 0 Å². The summed E-state index contributed by atoms with van der Waals surface area (Å²) in [5.41, 5.74) is 4.23. The number of anilines is 4. The first-order valence-corrected chi connectivity index (χ1v) is 35.0. The molecule has 5 amide bonds. The van der Waals surface area contributed by atoms with Gasteiger partial charge in [-0.2, -0.15) is 34.5 Å². The zero-order valence-electron chi connectivity index (χ0n) is 64.4. The van der Waals surface area contributed by atoms with E-state index in [9.17, 15) is 78.3 Å². The molecule has 4 aliphatic rings. The third kappa shape index (κ3) is 23.0. The van der Waals surface area contributed by atoms with Gasteiger partial charge < -0.3 is 92.5 Å². The smallest absolute Gasteiger partial charge is 1.00 e. The molecule has 3 radical (unpaired) electrons. The zero-order valence-corrected chi connectivity index (χ0v) is 69.2. The van der Waals surface area contributed by atoms with E-state index in [0.29, 0.717) is 17.2 Å². The Kier molecular flexibility index (Phi) is 31.6. The van der Waals surface area contributed by atoms with E-state index in [1.807, 2.05) is 0 Å². The third-order valence-electron chi connectivity index (χ3n) is 16.2. The molecule has 0 aliphatic carbocycles. The van der Waals surface area contributed by atoms with Gasteiger partial charge >= 0.3 is 73.0 Å². The molecule has 4 aromatic carbocycles. The number of aryl methyl sites for hydroxylation is 2. The molecule has 647 valence electrons. The number of carbonyl (C=O) groups excluding carboxylic acids is 9. The Morgan fingerprint density at radius 3 is 1.07 bits per heavy atom. The number of hydrogen-bond donors (Lipinski definition) is 4. The van der Waals surface area contributed by atoms with E-state index in [1.54, 1.807) is 13.8 Å². The van der Waals surface area contributed by atoms with Gasteiger partial charge in [0.25, 0.3) is 22.6 Å². The van der Waals surface area contributed by atoms with Crippen LogP contribution < -0.4 is 109 Å². The average Bonchev–Trinajstić information content (AvgIpc) is 1.69. The Balaban J connectivity index is 0.000000243. The molecule has 54 heteroatoms. The SMILES string of the molecule is CN(C(=O)CCl)c1ccc2c(c1)OC(F)(F)O2.CN(C(=O)Cn1nc(Cl)c2oc(C(=O)O)cc2c1=O)c1ccc2c(c1)OC(F)(F)O2.CN(C(=O)Cn1nc(Cl)c2oc(CO)cc2c1=O)c1ccc2c(c1)OC(F)(F)O2.Cc1cc(C(N)=O)c(C(=N)Cl)o1.Cc1cc2c(=O)n(CC(=O)N(C)c3ccc4c(c3)OC(F)(F)O4)nc(Cl)c2o1.O=C=O.O=C=O.[B].[H-].[Na+]. The van der Waals surface area contributed by atoms with Gasteiger partial charge in [-0.05, 0) is 80.6 Å². The summed E-state index contributed by atoms with van der Waals surface area (Å²) >= 11 is 28.7. The van der Waals surface area contributed by atoms with Gasteiger partial charge in [0.15, 0.2) is 89.1 Å². The molecule has 7 aromatic heterocycles. The molecule has 0 saturated heterocycles. The number of benzene rings is 4. The van der Waals surface area contributed by atoms with Crippen LogP contribution in [-0.2, 0) is 64.6 Å². The summed E-state index contributed by atoms with van der Waals surface area (Å²) in [6.45, 7) is 1.41. The second-order valence-electron chi connectivity index (χ2n) is 24.2. The fraction of sp³-hybridized carbons (Fsp3) is 0.214. The second kappa shape index (κ2) is 39.9. The van der Waals surface area contributed by atoms with Gasteiger partial charge in [0.05, 0.1) is 21.7 Å². The van der Waals surface area contributed by atoms with E-state index in [-0.39, 0.29) is 197 Å². The number of primary amides is 1. The minimum Gasteiger partial charge on any atom is -1.00 e. The molecule has 5 N–H and O–H groups in total. The molecule has 39 nitrogen and oxygen atoms in total. The number of aromatic carboxylic acids is 1. The standard InChI is InChI=1S/C17H10ClF2N3O7.C17H12ClF2N3O6.C17H12ClF2N3O5.C10H8ClF2NO3.C7H7ClN2O2.2CO2.B.Na.H/c1-22(7-2-3-9-10(4-7)30-17(19,20)29-9)12(24)6-23-15(25)8-5-11(16(26)27)28-13(8)14(18)21-23;1-22(8-2-3-11-12(4-8)29-17(19,20)28-11)13(25)6-23-16(26)10-5-9(7-24)27-14(10)15(18)21-23;1-8-5-10-14(26-8)15(18)21-23(16(10)25)7-13(24)22(2)9-3-4-11-12(6-9)28-17(19,20)27-11;1-14(9(15)5-11)6-2-3-7-8(4-6)17-10(12,13)16-7;1-3-2-4(7(10)11)5(12-3)6(8)9;2*2-1-3;;;/h2-5H,6H2,1H3,(H,26,27);2-5,24H,6-7H2,1H3;3-6H,7H2,1-2H3;2-4H,5H2,1H3;2,9H,1H3,(H2,10,11);;;;;/q;;;;;;;;+1;-1. The molecule has 4 aliphatic heterocycles. The number of amides is 5. The topological polar surface area (TPSA) is 505 Å². The monoisotopic (exact) mass is 1850 g/mol. The number of halogens is 13. The number of nitrogens with two attached hydrogens (primary N) is 1. The number of nitrogens with one attached hydrogen (secondary N) is 1. The number of carbonyl (C=O) groups is 6. The van der Waals surface area contributed by atoms with E-state index < -0.39 is 103 Å². The summed E-state index contributed by atoms with van der Waals surface area (Å²) in [4.78, 5) is 146. The molecular weight excluding hydrogens is 1800 g/mol. The number of furan rings is 4. The number of likely N-dealkylation sites (N-methyl/N-ethyl adjacent to an activating group) is 3. The van der Waals surface area contributed by atoms with Crippen LogP contribution in [0.4, 0.5) is 57.9 Å². The molecular formula is C70H50BCl5F8N12NaO27. The molecule has 0 saturated carbocycles. The average molecular weight is 1850 g/mol. The summed E-state index contributed by atoms with van der Waals surface area (Å²) in [6.07, 6.45) is -14.5. The van der Waals surface area contributed by atoms with Gasteiger partial charge in [-0.15, -0.1) is 46.7 Å². The summed E-state index contributed by atoms with van der Waals surface area (Å²) < 4.78 is 162. The maximum atomic E-state index is 13.1. The van der Waals surface area contributed by atoms with Crippen molar-refractivity contribution < 1.29 is 180 Å². The predicted octanol–water partition coefficient (Wildman–Crippen LogP) is 6.41. The number of fused-ring (bicyclic) bond motifs is 7. The van der Waals surface area contributed by atoms with Gasteiger partial charge in [-0.25, -0.2) is 18.8 Å². The van der Waals surface area contributed by atoms with Crippen LogP contribution in [0.2, 0.25) is 15.5 Å². The molecule has 11 aromatic rings.